The molecule has 0 aromatic heterocycles. The molecule has 1 aliphatic carbocycles. The highest BCUT2D eigenvalue weighted by atomic mass is 16.2. The first-order valence-electron chi connectivity index (χ1n) is 7.43. The van der Waals surface area contributed by atoms with E-state index in [0.29, 0.717) is 19.4 Å². The second-order valence-corrected chi connectivity index (χ2v) is 6.01. The highest BCUT2D eigenvalue weighted by Gasteiger charge is 2.53. The van der Waals surface area contributed by atoms with E-state index in [4.69, 9.17) is 0 Å². The molecule has 0 unspecified atom stereocenters. The van der Waals surface area contributed by atoms with E-state index < -0.39 is 5.54 Å². The van der Waals surface area contributed by atoms with Gasteiger partial charge in [-0.25, -0.2) is 4.79 Å². The minimum Gasteiger partial charge on any atom is -0.322 e. The topological polar surface area (TPSA) is 49.4 Å². The second-order valence-electron chi connectivity index (χ2n) is 6.01. The van der Waals surface area contributed by atoms with Gasteiger partial charge >= 0.3 is 6.03 Å². The molecule has 2 aromatic carbocycles. The smallest absolute Gasteiger partial charge is 0.322 e. The SMILES string of the molecule is O=C1NC2(Cc3ccccc3C2)C(=O)N1Cc1ccccc1. The van der Waals surface area contributed by atoms with Crippen molar-refractivity contribution in [1.29, 1.82) is 0 Å². The second kappa shape index (κ2) is 4.70. The van der Waals surface area contributed by atoms with Crippen molar-refractivity contribution >= 4 is 11.9 Å². The van der Waals surface area contributed by atoms with Gasteiger partial charge in [-0.15, -0.1) is 0 Å². The van der Waals surface area contributed by atoms with Crippen LogP contribution in [-0.4, -0.2) is 22.4 Å². The monoisotopic (exact) mass is 292 g/mol. The molecule has 2 aliphatic rings. The average molecular weight is 292 g/mol. The zero-order valence-corrected chi connectivity index (χ0v) is 12.1. The summed E-state index contributed by atoms with van der Waals surface area (Å²) in [6, 6.07) is 17.3. The lowest BCUT2D eigenvalue weighted by molar-refractivity contribution is -0.131. The fourth-order valence-corrected chi connectivity index (χ4v) is 3.44. The fourth-order valence-electron chi connectivity index (χ4n) is 3.44. The van der Waals surface area contributed by atoms with E-state index in [2.05, 4.69) is 5.32 Å². The van der Waals surface area contributed by atoms with Gasteiger partial charge in [-0.1, -0.05) is 54.6 Å². The lowest BCUT2D eigenvalue weighted by Gasteiger charge is -2.20. The van der Waals surface area contributed by atoms with Crippen molar-refractivity contribution in [2.75, 3.05) is 0 Å². The highest BCUT2D eigenvalue weighted by Crippen LogP contribution is 2.35. The molecule has 22 heavy (non-hydrogen) atoms. The number of fused-ring (bicyclic) bond motifs is 1. The van der Waals surface area contributed by atoms with Gasteiger partial charge in [0.25, 0.3) is 5.91 Å². The molecule has 0 bridgehead atoms. The molecule has 1 spiro atoms. The van der Waals surface area contributed by atoms with Crippen molar-refractivity contribution in [3.63, 3.8) is 0 Å². The molecule has 1 saturated heterocycles. The average Bonchev–Trinajstić information content (AvgIpc) is 3.01. The van der Waals surface area contributed by atoms with Crippen molar-refractivity contribution in [2.24, 2.45) is 0 Å². The third-order valence-electron chi connectivity index (χ3n) is 4.53. The van der Waals surface area contributed by atoms with Crippen LogP contribution < -0.4 is 5.32 Å². The molecule has 0 saturated carbocycles. The number of nitrogens with one attached hydrogen (secondary N) is 1. The number of carbonyl (C=O) groups is 2. The summed E-state index contributed by atoms with van der Waals surface area (Å²) in [6.45, 7) is 0.323. The van der Waals surface area contributed by atoms with Gasteiger partial charge in [0, 0.05) is 12.8 Å². The van der Waals surface area contributed by atoms with E-state index >= 15 is 0 Å². The van der Waals surface area contributed by atoms with Gasteiger partial charge in [-0.3, -0.25) is 9.69 Å². The highest BCUT2D eigenvalue weighted by molar-refractivity contribution is 6.07. The zero-order chi connectivity index (χ0) is 15.2. The number of benzene rings is 2. The van der Waals surface area contributed by atoms with Crippen LogP contribution in [0.4, 0.5) is 4.79 Å². The number of rotatable bonds is 2. The molecule has 1 heterocycles. The van der Waals surface area contributed by atoms with E-state index in [0.717, 1.165) is 16.7 Å². The third-order valence-corrected chi connectivity index (χ3v) is 4.53. The van der Waals surface area contributed by atoms with Gasteiger partial charge in [-0.2, -0.15) is 0 Å². The van der Waals surface area contributed by atoms with Crippen molar-refractivity contribution in [1.82, 2.24) is 10.2 Å². The molecule has 4 nitrogen and oxygen atoms in total. The Kier molecular flexibility index (Phi) is 2.79. The number of carbonyl (C=O) groups excluding carboxylic acids is 2. The summed E-state index contributed by atoms with van der Waals surface area (Å²) < 4.78 is 0. The van der Waals surface area contributed by atoms with E-state index in [9.17, 15) is 9.59 Å². The number of nitrogens with zero attached hydrogens (tertiary/aromatic N) is 1. The Morgan fingerprint density at radius 3 is 2.14 bits per heavy atom. The van der Waals surface area contributed by atoms with E-state index in [1.54, 1.807) is 0 Å². The number of imide groups is 1. The standard InChI is InChI=1S/C18H16N2O2/c21-16-18(10-14-8-4-5-9-15(14)11-18)19-17(22)20(16)12-13-6-2-1-3-7-13/h1-9H,10-12H2,(H,19,22). The molecule has 0 atom stereocenters. The molecule has 1 fully saturated rings. The lowest BCUT2D eigenvalue weighted by Crippen LogP contribution is -2.47. The molecular weight excluding hydrogens is 276 g/mol. The van der Waals surface area contributed by atoms with Crippen molar-refractivity contribution in [2.45, 2.75) is 24.9 Å². The van der Waals surface area contributed by atoms with Crippen LogP contribution >= 0.6 is 0 Å². The summed E-state index contributed by atoms with van der Waals surface area (Å²) in [6.07, 6.45) is 1.16. The van der Waals surface area contributed by atoms with Crippen LogP contribution in [0.2, 0.25) is 0 Å². The molecule has 1 aliphatic heterocycles. The maximum absolute atomic E-state index is 12.9. The molecular formula is C18H16N2O2. The molecule has 3 amide bonds. The Balaban J connectivity index is 1.61. The molecule has 0 radical (unpaired) electrons. The Bertz CT molecular complexity index is 730. The van der Waals surface area contributed by atoms with Gasteiger partial charge in [0.2, 0.25) is 0 Å². The van der Waals surface area contributed by atoms with E-state index in [1.165, 1.54) is 4.90 Å². The largest absolute Gasteiger partial charge is 0.325 e. The molecule has 110 valence electrons. The van der Waals surface area contributed by atoms with Crippen LogP contribution in [0.1, 0.15) is 16.7 Å². The minimum absolute atomic E-state index is 0.113. The number of urea groups is 1. The van der Waals surface area contributed by atoms with Crippen LogP contribution in [0.3, 0.4) is 0 Å². The Morgan fingerprint density at radius 1 is 0.909 bits per heavy atom. The predicted molar refractivity (Wildman–Crippen MR) is 82.1 cm³/mol. The number of amides is 3. The van der Waals surface area contributed by atoms with Crippen molar-refractivity contribution in [3.05, 3.63) is 71.3 Å². The summed E-state index contributed by atoms with van der Waals surface area (Å²) in [4.78, 5) is 26.5. The Labute approximate surface area is 128 Å². The maximum atomic E-state index is 12.9. The van der Waals surface area contributed by atoms with E-state index in [1.807, 2.05) is 54.6 Å². The summed E-state index contributed by atoms with van der Waals surface area (Å²) in [7, 11) is 0. The van der Waals surface area contributed by atoms with Crippen LogP contribution in [0.15, 0.2) is 54.6 Å². The number of hydrogen-bond donors (Lipinski definition) is 1. The fraction of sp³-hybridized carbons (Fsp3) is 0.222. The normalized spacial score (nSPS) is 18.6. The predicted octanol–water partition coefficient (Wildman–Crippen LogP) is 2.28. The Morgan fingerprint density at radius 2 is 1.50 bits per heavy atom. The van der Waals surface area contributed by atoms with Crippen LogP contribution in [0, 0.1) is 0 Å². The molecule has 1 N–H and O–H groups in total. The molecule has 2 aromatic rings. The summed E-state index contributed by atoms with van der Waals surface area (Å²) in [5.41, 5.74) is 2.48. The first-order valence-corrected chi connectivity index (χ1v) is 7.43. The maximum Gasteiger partial charge on any atom is 0.325 e. The van der Waals surface area contributed by atoms with Crippen molar-refractivity contribution in [3.8, 4) is 0 Å². The van der Waals surface area contributed by atoms with Crippen LogP contribution in [-0.2, 0) is 24.2 Å². The van der Waals surface area contributed by atoms with Gasteiger partial charge in [0.1, 0.15) is 5.54 Å². The summed E-state index contributed by atoms with van der Waals surface area (Å²) in [5, 5.41) is 2.93. The van der Waals surface area contributed by atoms with Crippen molar-refractivity contribution < 1.29 is 9.59 Å². The number of hydrogen-bond acceptors (Lipinski definition) is 2. The molecule has 4 heteroatoms. The first kappa shape index (κ1) is 13.1. The third kappa shape index (κ3) is 1.91. The van der Waals surface area contributed by atoms with E-state index in [-0.39, 0.29) is 11.9 Å². The first-order chi connectivity index (χ1) is 10.7. The van der Waals surface area contributed by atoms with Gasteiger partial charge in [0.15, 0.2) is 0 Å². The Hall–Kier alpha value is -2.62. The van der Waals surface area contributed by atoms with Gasteiger partial charge in [0.05, 0.1) is 6.54 Å². The van der Waals surface area contributed by atoms with Gasteiger partial charge < -0.3 is 5.32 Å². The minimum atomic E-state index is -0.782. The van der Waals surface area contributed by atoms with Gasteiger partial charge in [-0.05, 0) is 16.7 Å². The summed E-state index contributed by atoms with van der Waals surface area (Å²) >= 11 is 0. The zero-order valence-electron chi connectivity index (χ0n) is 12.1. The molecule has 4 rings (SSSR count). The van der Waals surface area contributed by atoms with Crippen LogP contribution in [0.5, 0.6) is 0 Å². The van der Waals surface area contributed by atoms with Crippen LogP contribution in [0.25, 0.3) is 0 Å². The summed E-state index contributed by atoms with van der Waals surface area (Å²) in [5.74, 6) is -0.113. The lowest BCUT2D eigenvalue weighted by atomic mass is 9.96. The quantitative estimate of drug-likeness (QED) is 0.863.